The summed E-state index contributed by atoms with van der Waals surface area (Å²) < 4.78 is 27.9. The number of amides is 2. The summed E-state index contributed by atoms with van der Waals surface area (Å²) in [7, 11) is -3.80. The third-order valence-electron chi connectivity index (χ3n) is 4.74. The van der Waals surface area contributed by atoms with E-state index in [-0.39, 0.29) is 11.4 Å². The second-order valence-corrected chi connectivity index (χ2v) is 9.29. The van der Waals surface area contributed by atoms with Crippen LogP contribution in [0, 0.1) is 0 Å². The van der Waals surface area contributed by atoms with Gasteiger partial charge >= 0.3 is 6.03 Å². The Balaban J connectivity index is 1.58. The lowest BCUT2D eigenvalue weighted by molar-refractivity contribution is 0.175. The van der Waals surface area contributed by atoms with Crippen molar-refractivity contribution in [1.29, 1.82) is 0 Å². The van der Waals surface area contributed by atoms with Crippen molar-refractivity contribution in [2.24, 2.45) is 4.99 Å². The van der Waals surface area contributed by atoms with Crippen LogP contribution in [0.1, 0.15) is 37.4 Å². The van der Waals surface area contributed by atoms with Gasteiger partial charge in [0, 0.05) is 30.2 Å². The van der Waals surface area contributed by atoms with E-state index in [1.54, 1.807) is 36.4 Å². The monoisotopic (exact) mass is 464 g/mol. The number of anilines is 1. The highest BCUT2D eigenvalue weighted by Gasteiger charge is 2.18. The molecule has 0 unspecified atom stereocenters. The maximum Gasteiger partial charge on any atom is 0.319 e. The van der Waals surface area contributed by atoms with E-state index in [4.69, 9.17) is 11.6 Å². The van der Waals surface area contributed by atoms with Crippen molar-refractivity contribution in [2.75, 3.05) is 18.4 Å². The van der Waals surface area contributed by atoms with Crippen LogP contribution in [-0.4, -0.2) is 38.5 Å². The fourth-order valence-electron chi connectivity index (χ4n) is 3.08. The number of carbonyl (C=O) groups excluding carboxylic acids is 1. The average Bonchev–Trinajstić information content (AvgIpc) is 3.01. The van der Waals surface area contributed by atoms with E-state index in [2.05, 4.69) is 20.3 Å². The molecule has 0 aliphatic carbocycles. The molecular weight excluding hydrogens is 440 g/mol. The second kappa shape index (κ2) is 10.6. The SMILES string of the molecule is O=C(NC[C@@H](O)c1ccc(Cl)cc1)Nc1cccc(S(=O)(=O)NC2=NCCCCC2)c1. The molecule has 0 radical (unpaired) electrons. The molecule has 1 aliphatic heterocycles. The summed E-state index contributed by atoms with van der Waals surface area (Å²) in [5, 5.41) is 15.9. The highest BCUT2D eigenvalue weighted by atomic mass is 35.5. The molecule has 10 heteroatoms. The summed E-state index contributed by atoms with van der Waals surface area (Å²) in [5.74, 6) is 0.463. The maximum absolute atomic E-state index is 12.7. The van der Waals surface area contributed by atoms with Crippen LogP contribution in [0.4, 0.5) is 10.5 Å². The number of hydrogen-bond acceptors (Lipinski definition) is 5. The van der Waals surface area contributed by atoms with Gasteiger partial charge in [-0.05, 0) is 48.7 Å². The van der Waals surface area contributed by atoms with E-state index in [9.17, 15) is 18.3 Å². The number of amidine groups is 1. The predicted molar refractivity (Wildman–Crippen MR) is 121 cm³/mol. The molecule has 4 N–H and O–H groups in total. The van der Waals surface area contributed by atoms with Crippen molar-refractivity contribution in [3.8, 4) is 0 Å². The van der Waals surface area contributed by atoms with Crippen LogP contribution < -0.4 is 15.4 Å². The van der Waals surface area contributed by atoms with Gasteiger partial charge in [-0.25, -0.2) is 13.2 Å². The van der Waals surface area contributed by atoms with Crippen molar-refractivity contribution in [2.45, 2.75) is 36.7 Å². The summed E-state index contributed by atoms with van der Waals surface area (Å²) in [4.78, 5) is 16.5. The number of nitrogens with zero attached hydrogens (tertiary/aromatic N) is 1. The predicted octanol–water partition coefficient (Wildman–Crippen LogP) is 3.45. The lowest BCUT2D eigenvalue weighted by Crippen LogP contribution is -2.33. The first-order valence-electron chi connectivity index (χ1n) is 9.98. The van der Waals surface area contributed by atoms with Gasteiger partial charge in [0.2, 0.25) is 0 Å². The molecule has 0 saturated heterocycles. The molecule has 2 amide bonds. The average molecular weight is 465 g/mol. The fraction of sp³-hybridized carbons (Fsp3) is 0.333. The molecule has 3 rings (SSSR count). The maximum atomic E-state index is 12.7. The fourth-order valence-corrected chi connectivity index (χ4v) is 4.34. The van der Waals surface area contributed by atoms with Gasteiger partial charge in [-0.15, -0.1) is 0 Å². The third-order valence-corrected chi connectivity index (χ3v) is 6.37. The number of urea groups is 1. The van der Waals surface area contributed by atoms with Gasteiger partial charge in [-0.2, -0.15) is 0 Å². The topological polar surface area (TPSA) is 120 Å². The summed E-state index contributed by atoms with van der Waals surface area (Å²) in [6.07, 6.45) is 2.56. The molecule has 1 aliphatic rings. The van der Waals surface area contributed by atoms with E-state index >= 15 is 0 Å². The Morgan fingerprint density at radius 1 is 1.13 bits per heavy atom. The minimum atomic E-state index is -3.80. The van der Waals surface area contributed by atoms with Gasteiger partial charge < -0.3 is 15.7 Å². The van der Waals surface area contributed by atoms with E-state index in [1.807, 2.05) is 0 Å². The van der Waals surface area contributed by atoms with Crippen molar-refractivity contribution in [3.63, 3.8) is 0 Å². The van der Waals surface area contributed by atoms with Crippen LogP contribution in [0.15, 0.2) is 58.4 Å². The van der Waals surface area contributed by atoms with Crippen LogP contribution in [0.5, 0.6) is 0 Å². The Hall–Kier alpha value is -2.62. The van der Waals surface area contributed by atoms with E-state index in [0.717, 1.165) is 19.3 Å². The molecule has 0 bridgehead atoms. The van der Waals surface area contributed by atoms with Gasteiger partial charge in [-0.1, -0.05) is 36.2 Å². The third kappa shape index (κ3) is 6.95. The van der Waals surface area contributed by atoms with Gasteiger partial charge in [0.15, 0.2) is 0 Å². The van der Waals surface area contributed by atoms with Crippen LogP contribution in [0.2, 0.25) is 5.02 Å². The number of carbonyl (C=O) groups is 1. The Labute approximate surface area is 186 Å². The number of rotatable bonds is 6. The van der Waals surface area contributed by atoms with Gasteiger partial charge in [0.05, 0.1) is 11.0 Å². The van der Waals surface area contributed by atoms with E-state index in [0.29, 0.717) is 35.1 Å². The largest absolute Gasteiger partial charge is 0.387 e. The zero-order chi connectivity index (χ0) is 22.3. The molecule has 0 fully saturated rings. The quantitative estimate of drug-likeness (QED) is 0.523. The van der Waals surface area contributed by atoms with E-state index < -0.39 is 22.2 Å². The number of nitrogens with one attached hydrogen (secondary N) is 3. The van der Waals surface area contributed by atoms with E-state index in [1.165, 1.54) is 12.1 Å². The van der Waals surface area contributed by atoms with Crippen LogP contribution >= 0.6 is 11.6 Å². The van der Waals surface area contributed by atoms with Gasteiger partial charge in [0.25, 0.3) is 10.0 Å². The molecular formula is C21H25ClN4O4S. The van der Waals surface area contributed by atoms with Crippen LogP contribution in [0.3, 0.4) is 0 Å². The first-order valence-corrected chi connectivity index (χ1v) is 11.8. The standard InChI is InChI=1S/C21H25ClN4O4S/c22-16-10-8-15(9-11-16)19(27)14-24-21(28)25-17-5-4-6-18(13-17)31(29,30)26-20-7-2-1-3-12-23-20/h4-6,8-11,13,19,27H,1-3,7,12,14H2,(H,23,26)(H2,24,25,28)/t19-/m1/s1. The smallest absolute Gasteiger partial charge is 0.319 e. The molecule has 1 atom stereocenters. The number of aliphatic hydroxyl groups excluding tert-OH is 1. The molecule has 0 aromatic heterocycles. The van der Waals surface area contributed by atoms with Crippen molar-refractivity contribution in [3.05, 3.63) is 59.1 Å². The minimum absolute atomic E-state index is 0.0210. The number of benzene rings is 2. The number of halogens is 1. The van der Waals surface area contributed by atoms with Crippen LogP contribution in [-0.2, 0) is 10.0 Å². The number of aliphatic imine (C=N–C) groups is 1. The highest BCUT2D eigenvalue weighted by Crippen LogP contribution is 2.18. The number of hydrogen-bond donors (Lipinski definition) is 4. The molecule has 1 heterocycles. The summed E-state index contributed by atoms with van der Waals surface area (Å²) in [6, 6.07) is 12.0. The molecule has 31 heavy (non-hydrogen) atoms. The van der Waals surface area contributed by atoms with Crippen molar-refractivity contribution in [1.82, 2.24) is 10.0 Å². The number of sulfonamides is 1. The van der Waals surface area contributed by atoms with Crippen LogP contribution in [0.25, 0.3) is 0 Å². The second-order valence-electron chi connectivity index (χ2n) is 7.17. The number of aliphatic hydroxyl groups is 1. The Morgan fingerprint density at radius 2 is 1.90 bits per heavy atom. The highest BCUT2D eigenvalue weighted by molar-refractivity contribution is 7.90. The van der Waals surface area contributed by atoms with Crippen molar-refractivity contribution >= 4 is 39.2 Å². The molecule has 2 aromatic rings. The van der Waals surface area contributed by atoms with Crippen molar-refractivity contribution < 1.29 is 18.3 Å². The zero-order valence-corrected chi connectivity index (χ0v) is 18.4. The Kier molecular flexibility index (Phi) is 7.89. The Bertz CT molecular complexity index is 1040. The summed E-state index contributed by atoms with van der Waals surface area (Å²) >= 11 is 5.83. The molecule has 166 valence electrons. The summed E-state index contributed by atoms with van der Waals surface area (Å²) in [6.45, 7) is 0.592. The van der Waals surface area contributed by atoms with Gasteiger partial charge in [-0.3, -0.25) is 9.71 Å². The molecule has 0 saturated carbocycles. The summed E-state index contributed by atoms with van der Waals surface area (Å²) in [5.41, 5.74) is 0.925. The van der Waals surface area contributed by atoms with Gasteiger partial charge in [0.1, 0.15) is 5.84 Å². The molecule has 0 spiro atoms. The Morgan fingerprint density at radius 3 is 2.68 bits per heavy atom. The molecule has 8 nitrogen and oxygen atoms in total. The zero-order valence-electron chi connectivity index (χ0n) is 16.8. The lowest BCUT2D eigenvalue weighted by Gasteiger charge is -2.14. The lowest BCUT2D eigenvalue weighted by atomic mass is 10.1. The first-order chi connectivity index (χ1) is 14.8. The first kappa shape index (κ1) is 23.1. The minimum Gasteiger partial charge on any atom is -0.387 e. The molecule has 2 aromatic carbocycles. The normalized spacial score (nSPS) is 15.4.